The van der Waals surface area contributed by atoms with E-state index in [1.54, 1.807) is 91.7 Å². The van der Waals surface area contributed by atoms with Crippen LogP contribution in [0.3, 0.4) is 0 Å². The lowest BCUT2D eigenvalue weighted by Gasteiger charge is -2.60. The molecular formula is C14H42O21Si14. The minimum atomic E-state index is -4.17. The summed E-state index contributed by atoms with van der Waals surface area (Å²) in [7, 11) is -57.0. The van der Waals surface area contributed by atoms with Crippen molar-refractivity contribution in [2.75, 3.05) is 0 Å². The van der Waals surface area contributed by atoms with Crippen molar-refractivity contribution in [3.8, 4) is 0 Å². The van der Waals surface area contributed by atoms with Gasteiger partial charge in [-0.05, 0) is 0 Å². The van der Waals surface area contributed by atoms with Gasteiger partial charge in [-0.2, -0.15) is 0 Å². The Kier molecular flexibility index (Phi) is 8.22. The van der Waals surface area contributed by atoms with Crippen LogP contribution in [-0.2, 0) is 86.4 Å². The van der Waals surface area contributed by atoms with Gasteiger partial charge in [-0.25, -0.2) is 0 Å². The van der Waals surface area contributed by atoms with E-state index in [-0.39, 0.29) is 0 Å². The molecule has 0 aromatic heterocycles. The van der Waals surface area contributed by atoms with Crippen molar-refractivity contribution in [2.45, 2.75) is 91.7 Å². The van der Waals surface area contributed by atoms with E-state index in [0.717, 1.165) is 0 Å². The van der Waals surface area contributed by atoms with Crippen LogP contribution in [0.15, 0.2) is 0 Å². The summed E-state index contributed by atoms with van der Waals surface area (Å²) in [6.45, 7) is 23.5. The molecule has 8 heterocycles. The second-order valence-corrected chi connectivity index (χ2v) is 55.5. The number of rotatable bonds is 0. The summed E-state index contributed by atoms with van der Waals surface area (Å²) in [5, 5.41) is 0. The molecule has 8 saturated heterocycles. The largest absolute Gasteiger partial charge is 0.475 e. The zero-order chi connectivity index (χ0) is 35.8. The predicted octanol–water partition coefficient (Wildman–Crippen LogP) is 1.41. The zero-order valence-corrected chi connectivity index (χ0v) is 43.6. The van der Waals surface area contributed by atoms with Crippen LogP contribution >= 0.6 is 0 Å². The second kappa shape index (κ2) is 10.6. The van der Waals surface area contributed by atoms with Gasteiger partial charge in [0.25, 0.3) is 0 Å². The normalized spacial score (nSPS) is 66.0. The van der Waals surface area contributed by atoms with Crippen molar-refractivity contribution in [1.29, 1.82) is 0 Å². The van der Waals surface area contributed by atoms with Gasteiger partial charge in [0.2, 0.25) is 0 Å². The molecule has 21 nitrogen and oxygen atoms in total. The average Bonchev–Trinajstić information content (AvgIpc) is 2.65. The summed E-state index contributed by atoms with van der Waals surface area (Å²) in [6, 6.07) is 0. The second-order valence-electron chi connectivity index (χ2n) is 14.2. The van der Waals surface area contributed by atoms with Gasteiger partial charge in [-0.15, -0.1) is 0 Å². The predicted molar refractivity (Wildman–Crippen MR) is 185 cm³/mol. The minimum Gasteiger partial charge on any atom is -0.374 e. The fourth-order valence-corrected chi connectivity index (χ4v) is 87.3. The molecule has 35 heteroatoms. The van der Waals surface area contributed by atoms with E-state index in [1.165, 1.54) is 0 Å². The van der Waals surface area contributed by atoms with Gasteiger partial charge in [0, 0.05) is 91.7 Å². The standard InChI is InChI=1S/C14H42O21Si14/c1-36-15-40(5)16-37(2)20-44(9)31-48(13,27-40)29-42(7,19-36)33-43(8)21-38(3)17-41(6)18-39(4,22-45(10,34-44)32-49(14,28-41)30-43)26-47(12,25-37)35-46(11,23-36)24-38/h1-14H3. The third-order valence-electron chi connectivity index (χ3n) is 7.79. The molecule has 0 N–H and O–H groups in total. The van der Waals surface area contributed by atoms with Crippen molar-refractivity contribution in [2.24, 2.45) is 0 Å². The summed E-state index contributed by atoms with van der Waals surface area (Å²) in [5.74, 6) is 0. The first-order valence-electron chi connectivity index (χ1n) is 15.6. The summed E-state index contributed by atoms with van der Waals surface area (Å²) < 4.78 is 145. The van der Waals surface area contributed by atoms with Crippen LogP contribution in [-0.4, -0.2) is 123 Å². The quantitative estimate of drug-likeness (QED) is 0.316. The molecule has 0 aromatic rings. The highest BCUT2D eigenvalue weighted by Crippen LogP contribution is 2.49. The van der Waals surface area contributed by atoms with Crippen molar-refractivity contribution in [3.05, 3.63) is 0 Å². The lowest BCUT2D eigenvalue weighted by atomic mass is 11.9. The average molecular weight is 940 g/mol. The molecular weight excluding hydrogens is 897 g/mol. The summed E-state index contributed by atoms with van der Waals surface area (Å²) in [5.41, 5.74) is 0. The Morgan fingerprint density at radius 3 is 0.204 bits per heavy atom. The zero-order valence-electron chi connectivity index (χ0n) is 29.6. The molecule has 0 aliphatic carbocycles. The molecule has 8 aliphatic heterocycles. The van der Waals surface area contributed by atoms with E-state index >= 15 is 0 Å². The van der Waals surface area contributed by atoms with Crippen LogP contribution in [0, 0.1) is 0 Å². The summed E-state index contributed by atoms with van der Waals surface area (Å²) in [4.78, 5) is 0. The van der Waals surface area contributed by atoms with Gasteiger partial charge in [0.05, 0.1) is 0 Å². The lowest BCUT2D eigenvalue weighted by Crippen LogP contribution is -2.85. The molecule has 0 amide bonds. The van der Waals surface area contributed by atoms with E-state index < -0.39 is 123 Å². The van der Waals surface area contributed by atoms with Crippen molar-refractivity contribution >= 4 is 123 Å². The number of hydrogen-bond acceptors (Lipinski definition) is 21. The molecule has 0 radical (unpaired) electrons. The molecule has 0 saturated carbocycles. The van der Waals surface area contributed by atoms with Gasteiger partial charge in [0.15, 0.2) is 0 Å². The van der Waals surface area contributed by atoms with Crippen molar-refractivity contribution in [1.82, 2.24) is 0 Å². The van der Waals surface area contributed by atoms with Crippen LogP contribution in [0.5, 0.6) is 0 Å². The Morgan fingerprint density at radius 1 is 0.122 bits per heavy atom. The third kappa shape index (κ3) is 7.09. The van der Waals surface area contributed by atoms with Crippen LogP contribution in [0.1, 0.15) is 0 Å². The Bertz CT molecular complexity index is 1280. The number of fused-ring (bicyclic) bond motifs is 6. The molecule has 14 bridgehead atoms. The minimum absolute atomic E-state index is 1.67. The van der Waals surface area contributed by atoms with E-state index in [1.807, 2.05) is 0 Å². The highest BCUT2D eigenvalue weighted by Gasteiger charge is 2.80. The Labute approximate surface area is 299 Å². The smallest absolute Gasteiger partial charge is 0.374 e. The SMILES string of the molecule is C[Si]12O[Si]3(C)O[Si]4(C)O[Si](C)(O1)O[Si]1(C)O[Si]5(C)O[Si]6(C)O[Si](C)(O[Si](C)(O5)O4)O[Si]4(C)O[Si](C)(O6)O[Si](C)(O[Si](C)(O2)O[Si](C)(O3)O4)O1. The fraction of sp³-hybridized carbons (Fsp3) is 1.00. The third-order valence-corrected chi connectivity index (χ3v) is 70.1. The highest BCUT2D eigenvalue weighted by atomic mass is 28.6. The Balaban J connectivity index is 1.52. The monoisotopic (exact) mass is 938 g/mol. The van der Waals surface area contributed by atoms with Gasteiger partial charge < -0.3 is 86.4 Å². The Morgan fingerprint density at radius 2 is 0.163 bits per heavy atom. The maximum absolute atomic E-state index is 6.95. The maximum atomic E-state index is 6.95. The number of hydrogen-bond donors (Lipinski definition) is 0. The topological polar surface area (TPSA) is 194 Å². The molecule has 8 aliphatic rings. The molecule has 8 rings (SSSR count). The van der Waals surface area contributed by atoms with Gasteiger partial charge in [0.1, 0.15) is 0 Å². The van der Waals surface area contributed by atoms with Crippen LogP contribution < -0.4 is 0 Å². The molecule has 280 valence electrons. The molecule has 0 aromatic carbocycles. The molecule has 0 unspecified atom stereocenters. The first-order chi connectivity index (χ1) is 21.8. The summed E-state index contributed by atoms with van der Waals surface area (Å²) >= 11 is 0. The van der Waals surface area contributed by atoms with Crippen molar-refractivity contribution in [3.63, 3.8) is 0 Å². The van der Waals surface area contributed by atoms with E-state index in [4.69, 9.17) is 86.4 Å². The highest BCUT2D eigenvalue weighted by molar-refractivity contribution is 7.03. The van der Waals surface area contributed by atoms with E-state index in [2.05, 4.69) is 0 Å². The molecule has 0 atom stereocenters. The van der Waals surface area contributed by atoms with E-state index in [0.29, 0.717) is 0 Å². The van der Waals surface area contributed by atoms with Gasteiger partial charge in [-0.3, -0.25) is 0 Å². The van der Waals surface area contributed by atoms with Crippen LogP contribution in [0.2, 0.25) is 91.7 Å². The maximum Gasteiger partial charge on any atom is 0.475 e. The van der Waals surface area contributed by atoms with Gasteiger partial charge in [-0.1, -0.05) is 0 Å². The van der Waals surface area contributed by atoms with Crippen LogP contribution in [0.25, 0.3) is 0 Å². The molecule has 8 fully saturated rings. The van der Waals surface area contributed by atoms with Crippen LogP contribution in [0.4, 0.5) is 0 Å². The van der Waals surface area contributed by atoms with Gasteiger partial charge >= 0.3 is 123 Å². The molecule has 0 spiro atoms. The fourth-order valence-electron chi connectivity index (χ4n) is 7.95. The first-order valence-corrected chi connectivity index (χ1v) is 46.7. The summed E-state index contributed by atoms with van der Waals surface area (Å²) in [6.07, 6.45) is 0. The molecule has 49 heavy (non-hydrogen) atoms. The first kappa shape index (κ1) is 38.1. The van der Waals surface area contributed by atoms with Crippen molar-refractivity contribution < 1.29 is 86.4 Å². The van der Waals surface area contributed by atoms with E-state index in [9.17, 15) is 0 Å². The Hall–Kier alpha value is 2.20. The lowest BCUT2D eigenvalue weighted by molar-refractivity contribution is -0.0132.